The second kappa shape index (κ2) is 14.4. The zero-order valence-corrected chi connectivity index (χ0v) is 27.9. The van der Waals surface area contributed by atoms with Crippen molar-refractivity contribution in [1.29, 1.82) is 0 Å². The van der Waals surface area contributed by atoms with Crippen molar-refractivity contribution in [3.8, 4) is 0 Å². The van der Waals surface area contributed by atoms with Gasteiger partial charge >= 0.3 is 0 Å². The number of benzene rings is 3. The SMILES string of the molecule is CCCCCCCCCCCC(c1ccc(C(C)(C)C)cc1)(c1ccc(C(C)(C)C)cc1)c1ccccc1S(=O)(=O)[O-]. The predicted molar refractivity (Wildman–Crippen MR) is 176 cm³/mol. The standard InChI is InChI=1S/C38H54O3S/c1-8-9-10-11-12-13-14-15-18-29-38(32-25-21-30(22-26-32)36(2,3)4,33-27-23-31(24-28-33)37(5,6)7)34-19-16-17-20-35(34)42(39,40)41/h16-17,19-28H,8-15,18,29H2,1-7H3,(H,39,40,41)/p-1. The average molecular weight is 590 g/mol. The number of rotatable bonds is 14. The minimum absolute atomic E-state index is 0.0110. The van der Waals surface area contributed by atoms with Gasteiger partial charge in [-0.15, -0.1) is 0 Å². The molecule has 4 heteroatoms. The summed E-state index contributed by atoms with van der Waals surface area (Å²) in [4.78, 5) is -0.124. The van der Waals surface area contributed by atoms with Gasteiger partial charge in [-0.05, 0) is 51.1 Å². The molecule has 230 valence electrons. The molecule has 0 fully saturated rings. The second-order valence-electron chi connectivity index (χ2n) is 14.1. The summed E-state index contributed by atoms with van der Waals surface area (Å²) < 4.78 is 38.1. The van der Waals surface area contributed by atoms with Gasteiger partial charge in [-0.2, -0.15) is 0 Å². The van der Waals surface area contributed by atoms with Gasteiger partial charge in [-0.1, -0.05) is 173 Å². The highest BCUT2D eigenvalue weighted by atomic mass is 32.2. The van der Waals surface area contributed by atoms with Gasteiger partial charge in [-0.3, -0.25) is 0 Å². The maximum Gasteiger partial charge on any atom is 0.124 e. The zero-order valence-electron chi connectivity index (χ0n) is 27.1. The molecular weight excluding hydrogens is 536 g/mol. The van der Waals surface area contributed by atoms with Crippen molar-refractivity contribution < 1.29 is 13.0 Å². The van der Waals surface area contributed by atoms with Gasteiger partial charge in [0.15, 0.2) is 0 Å². The van der Waals surface area contributed by atoms with Crippen LogP contribution in [0, 0.1) is 0 Å². The van der Waals surface area contributed by atoms with Crippen molar-refractivity contribution in [2.24, 2.45) is 0 Å². The minimum Gasteiger partial charge on any atom is -0.744 e. The van der Waals surface area contributed by atoms with Gasteiger partial charge in [0.05, 0.1) is 4.90 Å². The first kappa shape index (κ1) is 34.1. The molecule has 0 heterocycles. The largest absolute Gasteiger partial charge is 0.744 e. The molecule has 0 spiro atoms. The van der Waals surface area contributed by atoms with Crippen LogP contribution in [0.4, 0.5) is 0 Å². The summed E-state index contributed by atoms with van der Waals surface area (Å²) in [5.74, 6) is 0. The van der Waals surface area contributed by atoms with Crippen LogP contribution in [-0.4, -0.2) is 13.0 Å². The van der Waals surface area contributed by atoms with E-state index >= 15 is 0 Å². The fourth-order valence-corrected chi connectivity index (χ4v) is 6.91. The lowest BCUT2D eigenvalue weighted by Crippen LogP contribution is -2.32. The molecule has 0 aliphatic carbocycles. The summed E-state index contributed by atoms with van der Waals surface area (Å²) in [5.41, 5.74) is 4.26. The molecule has 0 aliphatic rings. The third-order valence-corrected chi connectivity index (χ3v) is 9.65. The van der Waals surface area contributed by atoms with Gasteiger partial charge in [-0.25, -0.2) is 8.42 Å². The van der Waals surface area contributed by atoms with Gasteiger partial charge in [0.2, 0.25) is 0 Å². The number of unbranched alkanes of at least 4 members (excludes halogenated alkanes) is 8. The molecule has 3 rings (SSSR count). The van der Waals surface area contributed by atoms with Crippen LogP contribution < -0.4 is 0 Å². The topological polar surface area (TPSA) is 57.2 Å². The van der Waals surface area contributed by atoms with Crippen LogP contribution in [-0.2, 0) is 26.4 Å². The van der Waals surface area contributed by atoms with Crippen molar-refractivity contribution in [1.82, 2.24) is 0 Å². The first-order chi connectivity index (χ1) is 19.7. The van der Waals surface area contributed by atoms with Crippen LogP contribution in [0.15, 0.2) is 77.7 Å². The van der Waals surface area contributed by atoms with Gasteiger partial charge in [0.25, 0.3) is 0 Å². The zero-order chi connectivity index (χ0) is 31.0. The van der Waals surface area contributed by atoms with E-state index in [1.54, 1.807) is 6.07 Å². The first-order valence-electron chi connectivity index (χ1n) is 16.0. The summed E-state index contributed by atoms with van der Waals surface area (Å²) in [5, 5.41) is 0. The van der Waals surface area contributed by atoms with E-state index < -0.39 is 15.5 Å². The second-order valence-corrected chi connectivity index (χ2v) is 15.4. The highest BCUT2D eigenvalue weighted by molar-refractivity contribution is 7.85. The third kappa shape index (κ3) is 8.57. The smallest absolute Gasteiger partial charge is 0.124 e. The van der Waals surface area contributed by atoms with Crippen molar-refractivity contribution in [2.75, 3.05) is 0 Å². The molecule has 0 aromatic heterocycles. The Morgan fingerprint density at radius 2 is 0.929 bits per heavy atom. The van der Waals surface area contributed by atoms with E-state index in [9.17, 15) is 13.0 Å². The Morgan fingerprint density at radius 3 is 1.33 bits per heavy atom. The van der Waals surface area contributed by atoms with Crippen LogP contribution in [0.1, 0.15) is 140 Å². The van der Waals surface area contributed by atoms with Crippen LogP contribution in [0.5, 0.6) is 0 Å². The van der Waals surface area contributed by atoms with E-state index in [1.807, 2.05) is 12.1 Å². The van der Waals surface area contributed by atoms with Crippen molar-refractivity contribution >= 4 is 10.1 Å². The lowest BCUT2D eigenvalue weighted by atomic mass is 9.65. The summed E-state index contributed by atoms with van der Waals surface area (Å²) in [6, 6.07) is 24.1. The lowest BCUT2D eigenvalue weighted by Gasteiger charge is -2.38. The highest BCUT2D eigenvalue weighted by Gasteiger charge is 2.39. The maximum atomic E-state index is 12.7. The Labute approximate surface area is 256 Å². The fraction of sp³-hybridized carbons (Fsp3) is 0.526. The lowest BCUT2D eigenvalue weighted by molar-refractivity contribution is 0.453. The van der Waals surface area contributed by atoms with Crippen LogP contribution in [0.25, 0.3) is 0 Å². The average Bonchev–Trinajstić information content (AvgIpc) is 2.93. The molecule has 0 unspecified atom stereocenters. The summed E-state index contributed by atoms with van der Waals surface area (Å²) >= 11 is 0. The van der Waals surface area contributed by atoms with Crippen LogP contribution in [0.2, 0.25) is 0 Å². The van der Waals surface area contributed by atoms with Gasteiger partial charge < -0.3 is 4.55 Å². The van der Waals surface area contributed by atoms with E-state index in [4.69, 9.17) is 0 Å². The quantitative estimate of drug-likeness (QED) is 0.107. The summed E-state index contributed by atoms with van der Waals surface area (Å²) in [6.45, 7) is 15.4. The summed E-state index contributed by atoms with van der Waals surface area (Å²) in [6.07, 6.45) is 11.6. The molecule has 42 heavy (non-hydrogen) atoms. The molecule has 0 atom stereocenters. The Morgan fingerprint density at radius 1 is 0.548 bits per heavy atom. The van der Waals surface area contributed by atoms with Crippen molar-refractivity contribution in [3.05, 3.63) is 101 Å². The molecular formula is C38H53O3S-. The molecule has 3 nitrogen and oxygen atoms in total. The minimum atomic E-state index is -4.70. The monoisotopic (exact) mass is 589 g/mol. The predicted octanol–water partition coefficient (Wildman–Crippen LogP) is 10.4. The Balaban J connectivity index is 2.14. The van der Waals surface area contributed by atoms with E-state index in [0.29, 0.717) is 5.56 Å². The van der Waals surface area contributed by atoms with Gasteiger partial charge in [0, 0.05) is 5.41 Å². The number of hydrogen-bond acceptors (Lipinski definition) is 3. The van der Waals surface area contributed by atoms with E-state index in [0.717, 1.165) is 36.8 Å². The van der Waals surface area contributed by atoms with Crippen molar-refractivity contribution in [3.63, 3.8) is 0 Å². The molecule has 0 saturated heterocycles. The van der Waals surface area contributed by atoms with Gasteiger partial charge in [0.1, 0.15) is 10.1 Å². The van der Waals surface area contributed by atoms with Crippen LogP contribution >= 0.6 is 0 Å². The van der Waals surface area contributed by atoms with E-state index in [1.165, 1.54) is 55.7 Å². The number of hydrogen-bond donors (Lipinski definition) is 0. The summed E-state index contributed by atoms with van der Waals surface area (Å²) in [7, 11) is -4.70. The Kier molecular flexibility index (Phi) is 11.6. The third-order valence-electron chi connectivity index (χ3n) is 8.76. The molecule has 0 N–H and O–H groups in total. The fourth-order valence-electron chi connectivity index (χ4n) is 6.15. The Bertz CT molecular complexity index is 1300. The van der Waals surface area contributed by atoms with Crippen LogP contribution in [0.3, 0.4) is 0 Å². The molecule has 0 amide bonds. The van der Waals surface area contributed by atoms with E-state index in [2.05, 4.69) is 97.0 Å². The molecule has 0 radical (unpaired) electrons. The molecule has 0 bridgehead atoms. The maximum absolute atomic E-state index is 12.7. The molecule has 0 saturated carbocycles. The molecule has 3 aromatic carbocycles. The Hall–Kier alpha value is -2.43. The first-order valence-corrected chi connectivity index (χ1v) is 17.4. The van der Waals surface area contributed by atoms with Crippen molar-refractivity contribution in [2.45, 2.75) is 134 Å². The normalized spacial score (nSPS) is 13.0. The van der Waals surface area contributed by atoms with E-state index in [-0.39, 0.29) is 15.7 Å². The molecule has 0 aliphatic heterocycles. The molecule has 3 aromatic rings. The highest BCUT2D eigenvalue weighted by Crippen LogP contribution is 2.46.